The van der Waals surface area contributed by atoms with Crippen molar-refractivity contribution >= 4 is 33.8 Å². The number of carbonyl (C=O) groups excluding carboxylic acids is 1. The Morgan fingerprint density at radius 3 is 1.81 bits per heavy atom. The second-order valence-corrected chi connectivity index (χ2v) is 9.34. The summed E-state index contributed by atoms with van der Waals surface area (Å²) in [7, 11) is 1.71. The van der Waals surface area contributed by atoms with Crippen molar-refractivity contribution in [3.8, 4) is 5.75 Å². The van der Waals surface area contributed by atoms with Gasteiger partial charge in [0.1, 0.15) is 5.75 Å². The first-order valence-electron chi connectivity index (χ1n) is 11.7. The number of methoxy groups -OCH3 is 1. The summed E-state index contributed by atoms with van der Waals surface area (Å²) in [6, 6.07) is 26.3. The maximum absolute atomic E-state index is 13.6. The number of nitrogens with zero attached hydrogens (tertiary/aromatic N) is 2. The Balaban J connectivity index is 0.000000568. The predicted octanol–water partition coefficient (Wildman–Crippen LogP) is 4.09. The van der Waals surface area contributed by atoms with Crippen molar-refractivity contribution in [2.24, 2.45) is 0 Å². The first kappa shape index (κ1) is 27.9. The first-order valence-corrected chi connectivity index (χ1v) is 12.5. The summed E-state index contributed by atoms with van der Waals surface area (Å²) in [4.78, 5) is 36.2. The quantitative estimate of drug-likeness (QED) is 0.431. The van der Waals surface area contributed by atoms with Crippen LogP contribution in [0.3, 0.4) is 0 Å². The number of carboxylic acid groups (broad SMARTS) is 2. The summed E-state index contributed by atoms with van der Waals surface area (Å²) >= 11 is 3.55. The van der Waals surface area contributed by atoms with Crippen LogP contribution in [-0.4, -0.2) is 71.1 Å². The Bertz CT molecular complexity index is 1150. The minimum Gasteiger partial charge on any atom is -0.496 e. The second kappa shape index (κ2) is 13.6. The number of aliphatic carboxylic acids is 2. The van der Waals surface area contributed by atoms with E-state index in [-0.39, 0.29) is 11.8 Å². The average Bonchev–Trinajstić information content (AvgIpc) is 2.91. The molecule has 3 aromatic rings. The smallest absolute Gasteiger partial charge is 0.414 e. The number of rotatable bonds is 6. The Kier molecular flexibility index (Phi) is 10.2. The van der Waals surface area contributed by atoms with E-state index in [1.54, 1.807) is 7.11 Å². The Hall–Kier alpha value is -3.69. The molecule has 1 amide bonds. The van der Waals surface area contributed by atoms with Crippen molar-refractivity contribution in [3.05, 3.63) is 100 Å². The van der Waals surface area contributed by atoms with E-state index < -0.39 is 11.9 Å². The van der Waals surface area contributed by atoms with E-state index in [9.17, 15) is 4.79 Å². The lowest BCUT2D eigenvalue weighted by molar-refractivity contribution is -0.159. The van der Waals surface area contributed by atoms with Gasteiger partial charge in [-0.25, -0.2) is 9.59 Å². The van der Waals surface area contributed by atoms with E-state index in [0.29, 0.717) is 0 Å². The van der Waals surface area contributed by atoms with Crippen LogP contribution in [0.2, 0.25) is 0 Å². The standard InChI is InChI=1S/C26H27BrN2O2.C2H2O4/c1-31-24-13-12-23(27)18-22(24)19-28-14-16-29(17-15-28)26(30)25(20-8-4-2-5-9-20)21-10-6-3-7-11-21;3-1(4)2(5)6/h2-13,18,25H,14-17,19H2,1H3;(H,3,4)(H,5,6). The normalized spacial score (nSPS) is 13.4. The zero-order valence-electron chi connectivity index (χ0n) is 20.4. The lowest BCUT2D eigenvalue weighted by Gasteiger charge is -2.37. The topological polar surface area (TPSA) is 107 Å². The van der Waals surface area contributed by atoms with Gasteiger partial charge in [0.2, 0.25) is 5.91 Å². The second-order valence-electron chi connectivity index (χ2n) is 8.42. The highest BCUT2D eigenvalue weighted by Gasteiger charge is 2.30. The van der Waals surface area contributed by atoms with Crippen molar-refractivity contribution in [2.45, 2.75) is 12.5 Å². The Labute approximate surface area is 224 Å². The molecular weight excluding hydrogens is 540 g/mol. The third-order valence-corrected chi connectivity index (χ3v) is 6.51. The molecular formula is C28H29BrN2O6. The first-order chi connectivity index (χ1) is 17.8. The number of carboxylic acids is 2. The van der Waals surface area contributed by atoms with Gasteiger partial charge in [-0.3, -0.25) is 9.69 Å². The molecule has 0 bridgehead atoms. The fourth-order valence-electron chi connectivity index (χ4n) is 4.19. The van der Waals surface area contributed by atoms with Crippen molar-refractivity contribution in [1.29, 1.82) is 0 Å². The third kappa shape index (κ3) is 7.90. The van der Waals surface area contributed by atoms with Crippen LogP contribution in [-0.2, 0) is 20.9 Å². The van der Waals surface area contributed by atoms with Crippen molar-refractivity contribution in [3.63, 3.8) is 0 Å². The van der Waals surface area contributed by atoms with Crippen LogP contribution >= 0.6 is 15.9 Å². The van der Waals surface area contributed by atoms with Crippen molar-refractivity contribution in [2.75, 3.05) is 33.3 Å². The molecule has 0 atom stereocenters. The molecule has 9 heteroatoms. The van der Waals surface area contributed by atoms with Crippen LogP contribution in [0.1, 0.15) is 22.6 Å². The van der Waals surface area contributed by atoms with E-state index in [0.717, 1.165) is 59.6 Å². The summed E-state index contributed by atoms with van der Waals surface area (Å²) in [5.41, 5.74) is 3.24. The van der Waals surface area contributed by atoms with Gasteiger partial charge in [0, 0.05) is 42.8 Å². The number of carbonyl (C=O) groups is 3. The van der Waals surface area contributed by atoms with Crippen molar-refractivity contribution in [1.82, 2.24) is 9.80 Å². The molecule has 1 aliphatic heterocycles. The molecule has 0 aliphatic carbocycles. The highest BCUT2D eigenvalue weighted by atomic mass is 79.9. The van der Waals surface area contributed by atoms with Gasteiger partial charge < -0.3 is 19.8 Å². The van der Waals surface area contributed by atoms with E-state index >= 15 is 0 Å². The van der Waals surface area contributed by atoms with Gasteiger partial charge in [-0.2, -0.15) is 0 Å². The molecule has 1 aliphatic rings. The zero-order chi connectivity index (χ0) is 26.8. The SMILES string of the molecule is COc1ccc(Br)cc1CN1CCN(C(=O)C(c2ccccc2)c2ccccc2)CC1.O=C(O)C(=O)O. The van der Waals surface area contributed by atoms with E-state index in [4.69, 9.17) is 24.5 Å². The third-order valence-electron chi connectivity index (χ3n) is 6.02. The summed E-state index contributed by atoms with van der Waals surface area (Å²) in [5, 5.41) is 14.8. The van der Waals surface area contributed by atoms with Gasteiger partial charge in [0.05, 0.1) is 13.0 Å². The molecule has 1 saturated heterocycles. The molecule has 1 heterocycles. The summed E-state index contributed by atoms with van der Waals surface area (Å²) < 4.78 is 6.57. The molecule has 1 fully saturated rings. The van der Waals surface area contributed by atoms with Gasteiger partial charge in [-0.15, -0.1) is 0 Å². The number of amides is 1. The molecule has 3 aromatic carbocycles. The Morgan fingerprint density at radius 1 is 0.838 bits per heavy atom. The molecule has 0 saturated carbocycles. The molecule has 37 heavy (non-hydrogen) atoms. The molecule has 2 N–H and O–H groups in total. The fourth-order valence-corrected chi connectivity index (χ4v) is 4.60. The molecule has 4 rings (SSSR count). The lowest BCUT2D eigenvalue weighted by atomic mass is 9.90. The zero-order valence-corrected chi connectivity index (χ0v) is 22.0. The highest BCUT2D eigenvalue weighted by molar-refractivity contribution is 9.10. The van der Waals surface area contributed by atoms with Crippen LogP contribution in [0.4, 0.5) is 0 Å². The summed E-state index contributed by atoms with van der Waals surface area (Å²) in [5.74, 6) is -2.84. The van der Waals surface area contributed by atoms with Gasteiger partial charge in [-0.1, -0.05) is 76.6 Å². The predicted molar refractivity (Wildman–Crippen MR) is 143 cm³/mol. The number of benzene rings is 3. The monoisotopic (exact) mass is 568 g/mol. The molecule has 0 unspecified atom stereocenters. The largest absolute Gasteiger partial charge is 0.496 e. The van der Waals surface area contributed by atoms with E-state index in [1.165, 1.54) is 0 Å². The maximum atomic E-state index is 13.6. The van der Waals surface area contributed by atoms with Gasteiger partial charge in [0.15, 0.2) is 0 Å². The van der Waals surface area contributed by atoms with Crippen LogP contribution in [0.15, 0.2) is 83.3 Å². The summed E-state index contributed by atoms with van der Waals surface area (Å²) in [6.45, 7) is 3.96. The van der Waals surface area contributed by atoms with Crippen molar-refractivity contribution < 1.29 is 29.3 Å². The van der Waals surface area contributed by atoms with Crippen LogP contribution in [0, 0.1) is 0 Å². The Morgan fingerprint density at radius 2 is 1.35 bits per heavy atom. The number of hydrogen-bond donors (Lipinski definition) is 2. The molecule has 194 valence electrons. The van der Waals surface area contributed by atoms with Crippen LogP contribution < -0.4 is 4.74 Å². The van der Waals surface area contributed by atoms with Gasteiger partial charge in [-0.05, 0) is 29.3 Å². The fraction of sp³-hybridized carbons (Fsp3) is 0.250. The lowest BCUT2D eigenvalue weighted by Crippen LogP contribution is -2.49. The van der Waals surface area contributed by atoms with Gasteiger partial charge >= 0.3 is 11.9 Å². The van der Waals surface area contributed by atoms with E-state index in [2.05, 4.69) is 26.9 Å². The minimum absolute atomic E-state index is 0.178. The molecule has 0 aromatic heterocycles. The minimum atomic E-state index is -1.82. The maximum Gasteiger partial charge on any atom is 0.414 e. The van der Waals surface area contributed by atoms with Crippen LogP contribution in [0.25, 0.3) is 0 Å². The number of ether oxygens (including phenoxy) is 1. The molecule has 8 nitrogen and oxygen atoms in total. The number of hydrogen-bond acceptors (Lipinski definition) is 5. The van der Waals surface area contributed by atoms with Crippen LogP contribution in [0.5, 0.6) is 5.75 Å². The highest BCUT2D eigenvalue weighted by Crippen LogP contribution is 2.28. The average molecular weight is 569 g/mol. The number of piperazine rings is 1. The van der Waals surface area contributed by atoms with E-state index in [1.807, 2.05) is 77.7 Å². The van der Waals surface area contributed by atoms with Gasteiger partial charge in [0.25, 0.3) is 0 Å². The molecule has 0 spiro atoms. The summed E-state index contributed by atoms with van der Waals surface area (Å²) in [6.07, 6.45) is 0. The number of halogens is 1. The molecule has 0 radical (unpaired) electrons.